The van der Waals surface area contributed by atoms with E-state index in [4.69, 9.17) is 14.7 Å². The standard InChI is InChI=1S/C22H15N3O5S/c1-12-19(21(28)30-22-16-5-3-2-4-15(16)20(27)29-22)24-17(26)10-18(24)31-25(12)14-8-6-13(11-23)7-9-14/h2-9,18,22H,10H2,1H3. The zero-order valence-corrected chi connectivity index (χ0v) is 17.1. The lowest BCUT2D eigenvalue weighted by Crippen LogP contribution is -2.56. The normalized spacial score (nSPS) is 21.7. The van der Waals surface area contributed by atoms with Crippen LogP contribution < -0.4 is 4.31 Å². The quantitative estimate of drug-likeness (QED) is 0.413. The zero-order valence-electron chi connectivity index (χ0n) is 16.3. The molecule has 1 fully saturated rings. The van der Waals surface area contributed by atoms with Crippen LogP contribution in [0.4, 0.5) is 5.69 Å². The lowest BCUT2D eigenvalue weighted by atomic mass is 10.1. The van der Waals surface area contributed by atoms with Gasteiger partial charge in [-0.3, -0.25) is 14.0 Å². The largest absolute Gasteiger partial charge is 0.417 e. The number of carbonyl (C=O) groups excluding carboxylic acids is 3. The first-order valence-corrected chi connectivity index (χ1v) is 10.3. The number of nitrogens with zero attached hydrogens (tertiary/aromatic N) is 3. The van der Waals surface area contributed by atoms with Gasteiger partial charge < -0.3 is 9.47 Å². The molecule has 3 heterocycles. The van der Waals surface area contributed by atoms with Gasteiger partial charge in [-0.25, -0.2) is 9.59 Å². The molecular weight excluding hydrogens is 418 g/mol. The molecule has 0 saturated carbocycles. The van der Waals surface area contributed by atoms with Gasteiger partial charge in [-0.1, -0.05) is 18.2 Å². The Hall–Kier alpha value is -3.77. The number of benzene rings is 2. The molecule has 2 atom stereocenters. The topological polar surface area (TPSA) is 99.9 Å². The molecule has 3 aliphatic rings. The van der Waals surface area contributed by atoms with Crippen molar-refractivity contribution in [3.8, 4) is 6.07 Å². The fourth-order valence-electron chi connectivity index (χ4n) is 3.74. The Balaban J connectivity index is 1.48. The van der Waals surface area contributed by atoms with E-state index in [0.717, 1.165) is 5.69 Å². The number of carbonyl (C=O) groups is 3. The molecule has 0 radical (unpaired) electrons. The number of nitriles is 1. The third-order valence-electron chi connectivity index (χ3n) is 5.31. The molecule has 5 rings (SSSR count). The summed E-state index contributed by atoms with van der Waals surface area (Å²) in [5.74, 6) is -1.48. The molecule has 2 unspecified atom stereocenters. The molecule has 0 N–H and O–H groups in total. The predicted octanol–water partition coefficient (Wildman–Crippen LogP) is 3.23. The molecule has 3 aliphatic heterocycles. The summed E-state index contributed by atoms with van der Waals surface area (Å²) in [6.45, 7) is 1.72. The van der Waals surface area contributed by atoms with Crippen LogP contribution in [0.25, 0.3) is 0 Å². The number of allylic oxidation sites excluding steroid dienone is 1. The summed E-state index contributed by atoms with van der Waals surface area (Å²) >= 11 is 1.42. The van der Waals surface area contributed by atoms with Crippen molar-refractivity contribution in [1.82, 2.24) is 4.90 Å². The lowest BCUT2D eigenvalue weighted by Gasteiger charge is -2.47. The van der Waals surface area contributed by atoms with E-state index < -0.39 is 18.2 Å². The first-order valence-electron chi connectivity index (χ1n) is 9.49. The number of rotatable bonds is 3. The van der Waals surface area contributed by atoms with Crippen LogP contribution in [0, 0.1) is 11.3 Å². The van der Waals surface area contributed by atoms with Crippen LogP contribution in [-0.2, 0) is 19.1 Å². The van der Waals surface area contributed by atoms with Crippen LogP contribution in [0.1, 0.15) is 41.1 Å². The molecule has 31 heavy (non-hydrogen) atoms. The van der Waals surface area contributed by atoms with Gasteiger partial charge in [-0.05, 0) is 49.2 Å². The molecule has 2 aromatic rings. The number of esters is 2. The third kappa shape index (κ3) is 3.04. The molecule has 0 aromatic heterocycles. The number of cyclic esters (lactones) is 1. The number of anilines is 1. The van der Waals surface area contributed by atoms with Crippen LogP contribution >= 0.6 is 11.9 Å². The fourth-order valence-corrected chi connectivity index (χ4v) is 5.00. The monoisotopic (exact) mass is 433 g/mol. The van der Waals surface area contributed by atoms with Gasteiger partial charge in [0.1, 0.15) is 5.37 Å². The predicted molar refractivity (Wildman–Crippen MR) is 110 cm³/mol. The molecular formula is C22H15N3O5S. The van der Waals surface area contributed by atoms with Gasteiger partial charge >= 0.3 is 11.9 Å². The molecule has 9 heteroatoms. The zero-order chi connectivity index (χ0) is 21.7. The van der Waals surface area contributed by atoms with Gasteiger partial charge in [0.2, 0.25) is 5.91 Å². The average molecular weight is 433 g/mol. The van der Waals surface area contributed by atoms with E-state index in [1.54, 1.807) is 55.5 Å². The molecule has 1 saturated heterocycles. The molecule has 0 aliphatic carbocycles. The smallest absolute Gasteiger partial charge is 0.360 e. The highest BCUT2D eigenvalue weighted by Crippen LogP contribution is 2.46. The van der Waals surface area contributed by atoms with Gasteiger partial charge in [0.05, 0.1) is 35.0 Å². The summed E-state index contributed by atoms with van der Waals surface area (Å²) in [6, 6.07) is 15.7. The Kier molecular flexibility index (Phi) is 4.45. The Labute approximate surface area is 181 Å². The number of fused-ring (bicyclic) bond motifs is 2. The highest BCUT2D eigenvalue weighted by molar-refractivity contribution is 8.01. The molecule has 0 bridgehead atoms. The Morgan fingerprint density at radius 3 is 2.65 bits per heavy atom. The van der Waals surface area contributed by atoms with Crippen molar-refractivity contribution in [2.45, 2.75) is 25.0 Å². The SMILES string of the molecule is CC1=C(C(=O)OC2OC(=O)c3ccccc32)N2C(=O)CC2SN1c1ccc(C#N)cc1. The summed E-state index contributed by atoms with van der Waals surface area (Å²) in [5.41, 5.74) is 2.74. The van der Waals surface area contributed by atoms with E-state index in [-0.39, 0.29) is 17.0 Å². The Bertz CT molecular complexity index is 1200. The van der Waals surface area contributed by atoms with Crippen molar-refractivity contribution < 1.29 is 23.9 Å². The summed E-state index contributed by atoms with van der Waals surface area (Å²) in [7, 11) is 0. The minimum Gasteiger partial charge on any atom is -0.417 e. The summed E-state index contributed by atoms with van der Waals surface area (Å²) in [5, 5.41) is 8.78. The van der Waals surface area contributed by atoms with Crippen molar-refractivity contribution in [2.75, 3.05) is 4.31 Å². The van der Waals surface area contributed by atoms with Gasteiger partial charge in [0, 0.05) is 5.56 Å². The van der Waals surface area contributed by atoms with Crippen LogP contribution in [-0.4, -0.2) is 28.1 Å². The van der Waals surface area contributed by atoms with Gasteiger partial charge in [-0.2, -0.15) is 5.26 Å². The molecule has 2 aromatic carbocycles. The van der Waals surface area contributed by atoms with Gasteiger partial charge in [0.25, 0.3) is 6.29 Å². The third-order valence-corrected chi connectivity index (χ3v) is 6.62. The van der Waals surface area contributed by atoms with Crippen molar-refractivity contribution >= 4 is 35.5 Å². The fraction of sp³-hybridized carbons (Fsp3) is 0.182. The highest BCUT2D eigenvalue weighted by Gasteiger charge is 2.49. The number of hydrogen-bond acceptors (Lipinski definition) is 8. The van der Waals surface area contributed by atoms with Crippen molar-refractivity contribution in [3.05, 3.63) is 76.6 Å². The van der Waals surface area contributed by atoms with Gasteiger partial charge in [0.15, 0.2) is 5.70 Å². The average Bonchev–Trinajstić information content (AvgIpc) is 3.09. The molecule has 8 nitrogen and oxygen atoms in total. The van der Waals surface area contributed by atoms with Crippen molar-refractivity contribution in [1.29, 1.82) is 5.26 Å². The lowest BCUT2D eigenvalue weighted by molar-refractivity contribution is -0.168. The molecule has 154 valence electrons. The summed E-state index contributed by atoms with van der Waals surface area (Å²) in [6.07, 6.45) is -0.868. The van der Waals surface area contributed by atoms with Crippen LogP contribution in [0.5, 0.6) is 0 Å². The first kappa shape index (κ1) is 19.2. The minimum absolute atomic E-state index is 0.116. The maximum absolute atomic E-state index is 13.1. The second kappa shape index (κ2) is 7.18. The summed E-state index contributed by atoms with van der Waals surface area (Å²) in [4.78, 5) is 38.9. The maximum Gasteiger partial charge on any atom is 0.360 e. The number of ether oxygens (including phenoxy) is 2. The van der Waals surface area contributed by atoms with E-state index in [1.165, 1.54) is 16.8 Å². The van der Waals surface area contributed by atoms with Crippen LogP contribution in [0.2, 0.25) is 0 Å². The highest BCUT2D eigenvalue weighted by atomic mass is 32.2. The van der Waals surface area contributed by atoms with E-state index in [9.17, 15) is 14.4 Å². The second-order valence-electron chi connectivity index (χ2n) is 7.14. The summed E-state index contributed by atoms with van der Waals surface area (Å²) < 4.78 is 12.6. The maximum atomic E-state index is 13.1. The minimum atomic E-state index is -1.16. The first-order chi connectivity index (χ1) is 15.0. The van der Waals surface area contributed by atoms with Crippen LogP contribution in [0.3, 0.4) is 0 Å². The Morgan fingerprint density at radius 2 is 1.94 bits per heavy atom. The second-order valence-corrected chi connectivity index (χ2v) is 8.26. The van der Waals surface area contributed by atoms with Crippen molar-refractivity contribution in [2.24, 2.45) is 0 Å². The number of β-lactam (4-membered cyclic amide) rings is 1. The Morgan fingerprint density at radius 1 is 1.19 bits per heavy atom. The van der Waals surface area contributed by atoms with E-state index in [2.05, 4.69) is 6.07 Å². The van der Waals surface area contributed by atoms with E-state index in [0.29, 0.717) is 28.8 Å². The number of amides is 1. The molecule has 0 spiro atoms. The van der Waals surface area contributed by atoms with Gasteiger partial charge in [-0.15, -0.1) is 0 Å². The van der Waals surface area contributed by atoms with Crippen LogP contribution in [0.15, 0.2) is 59.9 Å². The van der Waals surface area contributed by atoms with Crippen molar-refractivity contribution in [3.63, 3.8) is 0 Å². The van der Waals surface area contributed by atoms with E-state index in [1.807, 2.05) is 4.31 Å². The number of hydrogen-bond donors (Lipinski definition) is 0. The molecule has 1 amide bonds. The van der Waals surface area contributed by atoms with E-state index >= 15 is 0 Å².